The van der Waals surface area contributed by atoms with Crippen molar-refractivity contribution in [3.05, 3.63) is 77.1 Å². The predicted molar refractivity (Wildman–Crippen MR) is 181 cm³/mol. The number of nitrogens with two attached hydrogens (primary N) is 1. The van der Waals surface area contributed by atoms with Crippen molar-refractivity contribution in [1.29, 1.82) is 0 Å². The Kier molecular flexibility index (Phi) is 11.8. The van der Waals surface area contributed by atoms with E-state index in [4.69, 9.17) is 10.7 Å². The highest BCUT2D eigenvalue weighted by Gasteiger charge is 2.46. The molecule has 1 aliphatic heterocycles. The average Bonchev–Trinajstić information content (AvgIpc) is 3.31. The van der Waals surface area contributed by atoms with Crippen molar-refractivity contribution in [2.45, 2.75) is 95.7 Å². The maximum absolute atomic E-state index is 13.9. The molecule has 2 heterocycles. The number of aromatic nitrogens is 1. The number of rotatable bonds is 9. The van der Waals surface area contributed by atoms with Gasteiger partial charge in [-0.1, -0.05) is 82.9 Å². The number of primary amides is 1. The van der Waals surface area contributed by atoms with E-state index in [9.17, 15) is 14.7 Å². The van der Waals surface area contributed by atoms with Crippen molar-refractivity contribution in [3.8, 4) is 0 Å². The Morgan fingerprint density at radius 3 is 2.51 bits per heavy atom. The summed E-state index contributed by atoms with van der Waals surface area (Å²) >= 11 is 0. The fourth-order valence-electron chi connectivity index (χ4n) is 7.00. The first kappa shape index (κ1) is 34.2. The summed E-state index contributed by atoms with van der Waals surface area (Å²) in [6.07, 6.45) is 12.5. The lowest BCUT2D eigenvalue weighted by molar-refractivity contribution is -0.127. The number of pyridine rings is 1. The largest absolute Gasteiger partial charge is 0.377 e. The molecule has 1 unspecified atom stereocenters. The van der Waals surface area contributed by atoms with Crippen LogP contribution in [0.5, 0.6) is 0 Å². The van der Waals surface area contributed by atoms with Gasteiger partial charge in [-0.05, 0) is 48.4 Å². The summed E-state index contributed by atoms with van der Waals surface area (Å²) in [6.45, 7) is 7.12. The first-order chi connectivity index (χ1) is 21.8. The zero-order valence-corrected chi connectivity index (χ0v) is 27.4. The van der Waals surface area contributed by atoms with Crippen molar-refractivity contribution < 1.29 is 14.7 Å². The van der Waals surface area contributed by atoms with Gasteiger partial charge in [-0.15, -0.1) is 0 Å². The third kappa shape index (κ3) is 7.59. The van der Waals surface area contributed by atoms with Crippen LogP contribution in [0.15, 0.2) is 70.4 Å². The average molecular weight is 615 g/mol. The summed E-state index contributed by atoms with van der Waals surface area (Å²) in [5, 5.41) is 14.3. The van der Waals surface area contributed by atoms with Gasteiger partial charge in [0.05, 0.1) is 17.5 Å². The van der Waals surface area contributed by atoms with Crippen LogP contribution in [0.2, 0.25) is 0 Å². The predicted octanol–water partition coefficient (Wildman–Crippen LogP) is 4.52. The van der Waals surface area contributed by atoms with Crippen LogP contribution in [0, 0.1) is 0 Å². The number of nitrogens with one attached hydrogen (secondary N) is 1. The topological polar surface area (TPSA) is 133 Å². The molecule has 2 fully saturated rings. The Morgan fingerprint density at radius 1 is 1.13 bits per heavy atom. The normalized spacial score (nSPS) is 23.8. The van der Waals surface area contributed by atoms with Gasteiger partial charge in [-0.2, -0.15) is 0 Å². The van der Waals surface area contributed by atoms with Gasteiger partial charge >= 0.3 is 0 Å². The van der Waals surface area contributed by atoms with E-state index in [0.29, 0.717) is 31.6 Å². The minimum Gasteiger partial charge on any atom is -0.377 e. The summed E-state index contributed by atoms with van der Waals surface area (Å²) in [4.78, 5) is 42.2. The Balaban J connectivity index is 0.00000226. The lowest BCUT2D eigenvalue weighted by Crippen LogP contribution is -2.56. The molecule has 2 atom stereocenters. The first-order valence-corrected chi connectivity index (χ1v) is 16.5. The fourth-order valence-corrected chi connectivity index (χ4v) is 7.00. The Hall–Kier alpha value is -3.69. The number of nitrogens with zero attached hydrogens (tertiary/aromatic N) is 4. The number of aliphatic imine (C=N–C) groups is 2. The van der Waals surface area contributed by atoms with Gasteiger partial charge in [0.25, 0.3) is 5.91 Å². The number of benzene rings is 1. The highest BCUT2D eigenvalue weighted by atomic mass is 16.3. The standard InChI is InChI=1S/C34H44N6O3.C2H6/c1-3-24-11-6-7-13-27(24)30-31(42)40(23-33(39-30)15-8-4-5-9-16-33)22-29(41)38-18-14-25-19-34(32(35)43,20-28(25)36-2)26-12-10-17-37-21-26;1-2/h6-7,10-14,17,21,29,38,41H,3-5,8-9,15-16,18-20,22-23H2,1-2H3,(H2,35,43);1-2H3/b25-14-,36-28?;/t29?,34-;/m0./s1. The van der Waals surface area contributed by atoms with Gasteiger partial charge in [0.2, 0.25) is 5.91 Å². The minimum atomic E-state index is -0.938. The molecule has 1 aromatic heterocycles. The fraction of sp³-hybridized carbons (Fsp3) is 0.528. The van der Waals surface area contributed by atoms with Gasteiger partial charge in [0.15, 0.2) is 0 Å². The highest BCUT2D eigenvalue weighted by Crippen LogP contribution is 2.42. The molecule has 4 N–H and O–H groups in total. The summed E-state index contributed by atoms with van der Waals surface area (Å²) in [6, 6.07) is 11.7. The number of hydrogen-bond acceptors (Lipinski definition) is 7. The molecule has 242 valence electrons. The molecule has 3 aliphatic rings. The number of aryl methyl sites for hydroxylation is 1. The van der Waals surface area contributed by atoms with Crippen molar-refractivity contribution in [2.75, 3.05) is 26.7 Å². The second kappa shape index (κ2) is 15.5. The molecule has 0 radical (unpaired) electrons. The van der Waals surface area contributed by atoms with Crippen LogP contribution in [0.1, 0.15) is 88.8 Å². The number of aliphatic hydroxyl groups is 1. The van der Waals surface area contributed by atoms with Crippen molar-refractivity contribution in [3.63, 3.8) is 0 Å². The van der Waals surface area contributed by atoms with Crippen LogP contribution in [-0.4, -0.2) is 76.7 Å². The maximum Gasteiger partial charge on any atom is 0.272 e. The number of amides is 2. The first-order valence-electron chi connectivity index (χ1n) is 16.5. The van der Waals surface area contributed by atoms with Crippen molar-refractivity contribution >= 4 is 23.2 Å². The zero-order valence-electron chi connectivity index (χ0n) is 27.4. The quantitative estimate of drug-likeness (QED) is 0.358. The van der Waals surface area contributed by atoms with Crippen LogP contribution in [-0.2, 0) is 21.4 Å². The molecule has 5 rings (SSSR count). The Morgan fingerprint density at radius 2 is 1.87 bits per heavy atom. The number of carbonyl (C=O) groups is 2. The monoisotopic (exact) mass is 614 g/mol. The molecule has 0 bridgehead atoms. The molecule has 2 amide bonds. The lowest BCUT2D eigenvalue weighted by atomic mass is 9.78. The second-order valence-electron chi connectivity index (χ2n) is 12.2. The van der Waals surface area contributed by atoms with Crippen LogP contribution in [0.25, 0.3) is 0 Å². The van der Waals surface area contributed by atoms with E-state index in [1.54, 1.807) is 30.4 Å². The molecule has 2 aromatic rings. The lowest BCUT2D eigenvalue weighted by Gasteiger charge is -2.41. The number of hydrogen-bond donors (Lipinski definition) is 3. The van der Waals surface area contributed by atoms with Crippen molar-refractivity contribution in [1.82, 2.24) is 15.2 Å². The number of allylic oxidation sites excluding steroid dienone is 1. The van der Waals surface area contributed by atoms with Crippen LogP contribution in [0.3, 0.4) is 0 Å². The van der Waals surface area contributed by atoms with Crippen LogP contribution in [0.4, 0.5) is 0 Å². The SMILES string of the molecule is CC.CCc1ccccc1C1=NC2(CCCCCC2)CN(CC(O)NC/C=C2/C[C@@](C(N)=O)(c3cccnc3)CC2=NC)C1=O. The Labute approximate surface area is 268 Å². The van der Waals surface area contributed by atoms with Gasteiger partial charge in [-0.3, -0.25) is 29.9 Å². The van der Waals surface area contributed by atoms with Gasteiger partial charge in [-0.25, -0.2) is 0 Å². The molecular formula is C36H50N6O3. The van der Waals surface area contributed by atoms with Gasteiger partial charge in [0.1, 0.15) is 11.9 Å². The smallest absolute Gasteiger partial charge is 0.272 e. The number of β-amino-alcohol motifs (C(OH)–C–C–N with tert-alkyl or cyclic N) is 1. The number of carbonyl (C=O) groups excluding carboxylic acids is 2. The molecule has 0 saturated heterocycles. The highest BCUT2D eigenvalue weighted by molar-refractivity contribution is 6.46. The summed E-state index contributed by atoms with van der Waals surface area (Å²) in [5.41, 5.74) is 9.75. The van der Waals surface area contributed by atoms with Gasteiger partial charge in [0, 0.05) is 50.2 Å². The molecule has 2 aliphatic carbocycles. The van der Waals surface area contributed by atoms with Crippen LogP contribution >= 0.6 is 0 Å². The molecule has 1 spiro atoms. The van der Waals surface area contributed by atoms with E-state index < -0.39 is 17.6 Å². The summed E-state index contributed by atoms with van der Waals surface area (Å²) in [7, 11) is 1.72. The third-order valence-corrected chi connectivity index (χ3v) is 9.39. The molecule has 9 nitrogen and oxygen atoms in total. The van der Waals surface area contributed by atoms with Crippen LogP contribution < -0.4 is 11.1 Å². The van der Waals surface area contributed by atoms with E-state index >= 15 is 0 Å². The molecule has 45 heavy (non-hydrogen) atoms. The number of aliphatic hydroxyl groups excluding tert-OH is 1. The molecular weight excluding hydrogens is 564 g/mol. The second-order valence-corrected chi connectivity index (χ2v) is 12.2. The van der Waals surface area contributed by atoms with E-state index in [-0.39, 0.29) is 18.0 Å². The van der Waals surface area contributed by atoms with E-state index in [1.165, 1.54) is 12.8 Å². The molecule has 2 saturated carbocycles. The third-order valence-electron chi connectivity index (χ3n) is 9.39. The zero-order chi connectivity index (χ0) is 32.5. The van der Waals surface area contributed by atoms with E-state index in [0.717, 1.165) is 60.1 Å². The van der Waals surface area contributed by atoms with E-state index in [1.807, 2.05) is 44.2 Å². The van der Waals surface area contributed by atoms with E-state index in [2.05, 4.69) is 28.3 Å². The summed E-state index contributed by atoms with van der Waals surface area (Å²) in [5.74, 6) is -0.537. The maximum atomic E-state index is 13.9. The summed E-state index contributed by atoms with van der Waals surface area (Å²) < 4.78 is 0. The minimum absolute atomic E-state index is 0.131. The van der Waals surface area contributed by atoms with Gasteiger partial charge < -0.3 is 15.7 Å². The molecule has 9 heteroatoms. The Bertz CT molecular complexity index is 1410. The van der Waals surface area contributed by atoms with Crippen molar-refractivity contribution in [2.24, 2.45) is 15.7 Å². The molecule has 1 aromatic carbocycles.